The number of hydrogen-bond donors (Lipinski definition) is 1. The number of imidazole rings is 1. The summed E-state index contributed by atoms with van der Waals surface area (Å²) >= 11 is 0. The number of likely N-dealkylation sites (tertiary alicyclic amines) is 1. The first-order valence-corrected chi connectivity index (χ1v) is 10.8. The highest BCUT2D eigenvalue weighted by Crippen LogP contribution is 2.40. The number of nitrogens with zero attached hydrogens (tertiary/aromatic N) is 5. The molecule has 10 nitrogen and oxygen atoms in total. The van der Waals surface area contributed by atoms with E-state index < -0.39 is 22.7 Å². The third-order valence-corrected chi connectivity index (χ3v) is 5.87. The second-order valence-electron chi connectivity index (χ2n) is 8.48. The zero-order valence-corrected chi connectivity index (χ0v) is 19.1. The standard InChI is InChI=1S/C24H25N5O5/c1-15-20(27-12-5-4-10-18(27)25-15)22(30)19-21(16-8-6-9-17(14-16)29(33)34)28(24(32)23(19)31)13-7-11-26(2)3/h4-6,8-10,12,14,21,30H,7,11,13H2,1-3H3. The summed E-state index contributed by atoms with van der Waals surface area (Å²) in [6.45, 7) is 2.63. The topological polar surface area (TPSA) is 121 Å². The summed E-state index contributed by atoms with van der Waals surface area (Å²) in [6, 6.07) is 10.2. The van der Waals surface area contributed by atoms with E-state index in [9.17, 15) is 24.8 Å². The van der Waals surface area contributed by atoms with Gasteiger partial charge in [-0.1, -0.05) is 18.2 Å². The molecule has 1 aliphatic heterocycles. The third-order valence-electron chi connectivity index (χ3n) is 5.87. The maximum Gasteiger partial charge on any atom is 0.295 e. The predicted molar refractivity (Wildman–Crippen MR) is 125 cm³/mol. The highest BCUT2D eigenvalue weighted by Gasteiger charge is 2.46. The van der Waals surface area contributed by atoms with E-state index in [1.165, 1.54) is 23.1 Å². The highest BCUT2D eigenvalue weighted by atomic mass is 16.6. The lowest BCUT2D eigenvalue weighted by Gasteiger charge is -2.25. The van der Waals surface area contributed by atoms with Gasteiger partial charge in [0.15, 0.2) is 5.76 Å². The number of aryl methyl sites for hydroxylation is 1. The van der Waals surface area contributed by atoms with Crippen LogP contribution in [0, 0.1) is 17.0 Å². The summed E-state index contributed by atoms with van der Waals surface area (Å²) in [5, 5.41) is 22.8. The number of nitro groups is 1. The summed E-state index contributed by atoms with van der Waals surface area (Å²) in [5.41, 5.74) is 1.48. The molecule has 0 bridgehead atoms. The van der Waals surface area contributed by atoms with Crippen molar-refractivity contribution in [2.24, 2.45) is 0 Å². The van der Waals surface area contributed by atoms with Gasteiger partial charge in [0.05, 0.1) is 22.2 Å². The minimum Gasteiger partial charge on any atom is -0.505 e. The van der Waals surface area contributed by atoms with Gasteiger partial charge in [0, 0.05) is 24.9 Å². The van der Waals surface area contributed by atoms with Crippen LogP contribution in [0.5, 0.6) is 0 Å². The van der Waals surface area contributed by atoms with Gasteiger partial charge in [-0.25, -0.2) is 4.98 Å². The molecule has 0 saturated carbocycles. The van der Waals surface area contributed by atoms with Gasteiger partial charge in [0.2, 0.25) is 0 Å². The smallest absolute Gasteiger partial charge is 0.295 e. The summed E-state index contributed by atoms with van der Waals surface area (Å²) < 4.78 is 1.65. The molecule has 1 unspecified atom stereocenters. The van der Waals surface area contributed by atoms with E-state index in [2.05, 4.69) is 4.98 Å². The molecule has 2 aromatic heterocycles. The second kappa shape index (κ2) is 9.06. The van der Waals surface area contributed by atoms with Crippen molar-refractivity contribution in [3.63, 3.8) is 0 Å². The lowest BCUT2D eigenvalue weighted by molar-refractivity contribution is -0.384. The molecule has 0 radical (unpaired) electrons. The van der Waals surface area contributed by atoms with Gasteiger partial charge in [0.25, 0.3) is 17.4 Å². The molecule has 1 saturated heterocycles. The van der Waals surface area contributed by atoms with Gasteiger partial charge in [-0.15, -0.1) is 0 Å². The molecule has 10 heteroatoms. The molecule has 34 heavy (non-hydrogen) atoms. The summed E-state index contributed by atoms with van der Waals surface area (Å²) in [5.74, 6) is -1.94. The fourth-order valence-corrected chi connectivity index (χ4v) is 4.35. The number of non-ortho nitro benzene ring substituents is 1. The molecular weight excluding hydrogens is 438 g/mol. The third kappa shape index (κ3) is 4.03. The highest BCUT2D eigenvalue weighted by molar-refractivity contribution is 6.46. The van der Waals surface area contributed by atoms with Crippen molar-refractivity contribution in [2.75, 3.05) is 27.2 Å². The Hall–Kier alpha value is -4.05. The number of hydrogen-bond acceptors (Lipinski definition) is 7. The number of aliphatic hydroxyl groups is 1. The number of benzene rings is 1. The van der Waals surface area contributed by atoms with Crippen molar-refractivity contribution in [1.82, 2.24) is 19.2 Å². The van der Waals surface area contributed by atoms with Crippen LogP contribution < -0.4 is 0 Å². The number of nitro benzene ring substituents is 1. The van der Waals surface area contributed by atoms with Crippen LogP contribution in [-0.2, 0) is 9.59 Å². The Balaban J connectivity index is 1.91. The first-order valence-electron chi connectivity index (χ1n) is 10.8. The van der Waals surface area contributed by atoms with Crippen LogP contribution in [0.1, 0.15) is 29.4 Å². The zero-order chi connectivity index (χ0) is 24.6. The van der Waals surface area contributed by atoms with Gasteiger partial charge in [0.1, 0.15) is 11.3 Å². The molecule has 1 amide bonds. The number of ketones is 1. The van der Waals surface area contributed by atoms with E-state index in [4.69, 9.17) is 0 Å². The first kappa shape index (κ1) is 23.1. The molecule has 4 rings (SSSR count). The number of amides is 1. The second-order valence-corrected chi connectivity index (χ2v) is 8.48. The van der Waals surface area contributed by atoms with Crippen LogP contribution in [0.4, 0.5) is 5.69 Å². The largest absolute Gasteiger partial charge is 0.505 e. The van der Waals surface area contributed by atoms with Gasteiger partial charge in [-0.2, -0.15) is 0 Å². The lowest BCUT2D eigenvalue weighted by atomic mass is 9.96. The number of fused-ring (bicyclic) bond motifs is 1. The van der Waals surface area contributed by atoms with E-state index >= 15 is 0 Å². The van der Waals surface area contributed by atoms with Gasteiger partial charge in [-0.05, 0) is 51.7 Å². The minimum atomic E-state index is -0.962. The van der Waals surface area contributed by atoms with Gasteiger partial charge in [-0.3, -0.25) is 24.1 Å². The maximum absolute atomic E-state index is 13.2. The van der Waals surface area contributed by atoms with Gasteiger partial charge >= 0.3 is 0 Å². The lowest BCUT2D eigenvalue weighted by Crippen LogP contribution is -2.32. The van der Waals surface area contributed by atoms with Crippen LogP contribution >= 0.6 is 0 Å². The average Bonchev–Trinajstić information content (AvgIpc) is 3.26. The molecular formula is C24H25N5O5. The van der Waals surface area contributed by atoms with Crippen molar-refractivity contribution in [1.29, 1.82) is 0 Å². The Morgan fingerprint density at radius 2 is 1.97 bits per heavy atom. The molecule has 0 aliphatic carbocycles. The maximum atomic E-state index is 13.2. The molecule has 0 spiro atoms. The van der Waals surface area contributed by atoms with Crippen LogP contribution in [0.15, 0.2) is 54.2 Å². The molecule has 1 fully saturated rings. The summed E-state index contributed by atoms with van der Waals surface area (Å²) in [7, 11) is 3.80. The number of Topliss-reactive ketones (excluding diaryl/α,β-unsaturated/α-hetero) is 1. The van der Waals surface area contributed by atoms with E-state index in [0.29, 0.717) is 35.6 Å². The molecule has 1 aliphatic rings. The number of aromatic nitrogens is 2. The Morgan fingerprint density at radius 1 is 1.21 bits per heavy atom. The fraction of sp³-hybridized carbons (Fsp3) is 0.292. The number of rotatable bonds is 7. The number of aliphatic hydroxyl groups excluding tert-OH is 1. The Morgan fingerprint density at radius 3 is 2.68 bits per heavy atom. The number of carbonyl (C=O) groups excluding carboxylic acids is 2. The normalized spacial score (nSPS) is 17.8. The van der Waals surface area contributed by atoms with Crippen LogP contribution in [0.3, 0.4) is 0 Å². The van der Waals surface area contributed by atoms with E-state index in [0.717, 1.165) is 0 Å². The van der Waals surface area contributed by atoms with Crippen LogP contribution in [-0.4, -0.2) is 68.1 Å². The molecule has 176 valence electrons. The van der Waals surface area contributed by atoms with Gasteiger partial charge < -0.3 is 14.9 Å². The minimum absolute atomic E-state index is 0.107. The average molecular weight is 463 g/mol. The van der Waals surface area contributed by atoms with Crippen molar-refractivity contribution < 1.29 is 19.6 Å². The van der Waals surface area contributed by atoms with Crippen LogP contribution in [0.2, 0.25) is 0 Å². The Kier molecular flexibility index (Phi) is 6.16. The van der Waals surface area contributed by atoms with Crippen molar-refractivity contribution in [3.05, 3.63) is 81.3 Å². The molecule has 3 heterocycles. The first-order chi connectivity index (χ1) is 16.2. The van der Waals surface area contributed by atoms with Crippen molar-refractivity contribution >= 4 is 28.8 Å². The predicted octanol–water partition coefficient (Wildman–Crippen LogP) is 2.92. The van der Waals surface area contributed by atoms with Crippen LogP contribution in [0.25, 0.3) is 11.4 Å². The summed E-state index contributed by atoms with van der Waals surface area (Å²) in [6.07, 6.45) is 2.29. The number of pyridine rings is 1. The Bertz CT molecular complexity index is 1330. The van der Waals surface area contributed by atoms with Crippen molar-refractivity contribution in [3.8, 4) is 0 Å². The molecule has 1 aromatic carbocycles. The number of carbonyl (C=O) groups is 2. The zero-order valence-electron chi connectivity index (χ0n) is 19.1. The Labute approximate surface area is 195 Å². The van der Waals surface area contributed by atoms with E-state index in [1.807, 2.05) is 19.0 Å². The fourth-order valence-electron chi connectivity index (χ4n) is 4.35. The molecule has 1 N–H and O–H groups in total. The molecule has 1 atom stereocenters. The quantitative estimate of drug-likeness (QED) is 0.188. The van der Waals surface area contributed by atoms with E-state index in [-0.39, 0.29) is 23.6 Å². The summed E-state index contributed by atoms with van der Waals surface area (Å²) in [4.78, 5) is 44.9. The monoisotopic (exact) mass is 463 g/mol. The SMILES string of the molecule is Cc1nc2ccccn2c1C(O)=C1C(=O)C(=O)N(CCCN(C)C)C1c1cccc([N+](=O)[O-])c1. The van der Waals surface area contributed by atoms with E-state index in [1.54, 1.807) is 41.8 Å². The van der Waals surface area contributed by atoms with Crippen molar-refractivity contribution in [2.45, 2.75) is 19.4 Å². The molecule has 3 aromatic rings.